The van der Waals surface area contributed by atoms with E-state index in [2.05, 4.69) is 42.6 Å². The van der Waals surface area contributed by atoms with Gasteiger partial charge in [-0.3, -0.25) is 0 Å². The summed E-state index contributed by atoms with van der Waals surface area (Å²) in [5.41, 5.74) is 0. The predicted molar refractivity (Wildman–Crippen MR) is 79.2 cm³/mol. The van der Waals surface area contributed by atoms with Crippen molar-refractivity contribution in [2.75, 3.05) is 24.7 Å². The van der Waals surface area contributed by atoms with Gasteiger partial charge in [0.25, 0.3) is 0 Å². The highest BCUT2D eigenvalue weighted by molar-refractivity contribution is 7.99. The summed E-state index contributed by atoms with van der Waals surface area (Å²) < 4.78 is 0. The van der Waals surface area contributed by atoms with Gasteiger partial charge in [-0.1, -0.05) is 25.1 Å². The first kappa shape index (κ1) is 14.9. The summed E-state index contributed by atoms with van der Waals surface area (Å²) in [6, 6.07) is 10.5. The van der Waals surface area contributed by atoms with Crippen molar-refractivity contribution >= 4 is 23.4 Å². The normalized spacial score (nSPS) is 12.6. The van der Waals surface area contributed by atoms with Gasteiger partial charge in [0.1, 0.15) is 0 Å². The first-order chi connectivity index (χ1) is 8.33. The minimum atomic E-state index is 0.650. The average molecular weight is 272 g/mol. The Balaban J connectivity index is 1.91. The molecule has 1 unspecified atom stereocenters. The van der Waals surface area contributed by atoms with E-state index in [4.69, 9.17) is 11.6 Å². The molecule has 0 fully saturated rings. The summed E-state index contributed by atoms with van der Waals surface area (Å²) in [6.45, 7) is 4.39. The molecule has 0 amide bonds. The first-order valence-electron chi connectivity index (χ1n) is 6.27. The fraction of sp³-hybridized carbons (Fsp3) is 0.571. The lowest BCUT2D eigenvalue weighted by Gasteiger charge is -2.08. The number of thioether (sulfide) groups is 1. The highest BCUT2D eigenvalue weighted by Gasteiger charge is 1.98. The number of hydrogen-bond donors (Lipinski definition) is 1. The fourth-order valence-corrected chi connectivity index (χ4v) is 2.52. The Bertz CT molecular complexity index is 279. The van der Waals surface area contributed by atoms with Crippen molar-refractivity contribution in [3.8, 4) is 0 Å². The predicted octanol–water partition coefficient (Wildman–Crippen LogP) is 4.02. The Morgan fingerprint density at radius 1 is 1.24 bits per heavy atom. The van der Waals surface area contributed by atoms with Crippen LogP contribution in [0.25, 0.3) is 0 Å². The minimum Gasteiger partial charge on any atom is -0.316 e. The second-order valence-electron chi connectivity index (χ2n) is 4.31. The molecule has 1 rings (SSSR count). The Kier molecular flexibility index (Phi) is 8.59. The number of rotatable bonds is 9. The average Bonchev–Trinajstić information content (AvgIpc) is 2.38. The van der Waals surface area contributed by atoms with Crippen molar-refractivity contribution in [1.29, 1.82) is 0 Å². The van der Waals surface area contributed by atoms with Crippen molar-refractivity contribution in [1.82, 2.24) is 5.32 Å². The quantitative estimate of drug-likeness (QED) is 0.414. The van der Waals surface area contributed by atoms with Gasteiger partial charge in [0, 0.05) is 23.1 Å². The third kappa shape index (κ3) is 7.69. The van der Waals surface area contributed by atoms with Crippen LogP contribution in [-0.4, -0.2) is 24.7 Å². The van der Waals surface area contributed by atoms with Gasteiger partial charge in [-0.15, -0.1) is 23.4 Å². The van der Waals surface area contributed by atoms with Crippen molar-refractivity contribution in [2.24, 2.45) is 5.92 Å². The second-order valence-corrected chi connectivity index (χ2v) is 5.79. The smallest absolute Gasteiger partial charge is 0.0249 e. The lowest BCUT2D eigenvalue weighted by Crippen LogP contribution is -2.19. The van der Waals surface area contributed by atoms with Crippen LogP contribution >= 0.6 is 23.4 Å². The van der Waals surface area contributed by atoms with Gasteiger partial charge in [-0.05, 0) is 37.4 Å². The van der Waals surface area contributed by atoms with Gasteiger partial charge in [-0.25, -0.2) is 0 Å². The van der Waals surface area contributed by atoms with Crippen LogP contribution in [-0.2, 0) is 0 Å². The minimum absolute atomic E-state index is 0.650. The topological polar surface area (TPSA) is 12.0 Å². The summed E-state index contributed by atoms with van der Waals surface area (Å²) in [7, 11) is 0. The second kappa shape index (κ2) is 9.81. The molecule has 1 aromatic carbocycles. The van der Waals surface area contributed by atoms with Crippen molar-refractivity contribution in [2.45, 2.75) is 24.7 Å². The van der Waals surface area contributed by atoms with Gasteiger partial charge < -0.3 is 5.32 Å². The van der Waals surface area contributed by atoms with Crippen molar-refractivity contribution < 1.29 is 0 Å². The molecule has 0 bridgehead atoms. The van der Waals surface area contributed by atoms with Crippen molar-refractivity contribution in [3.63, 3.8) is 0 Å². The molecule has 96 valence electrons. The van der Waals surface area contributed by atoms with Crippen LogP contribution in [0.3, 0.4) is 0 Å². The lowest BCUT2D eigenvalue weighted by atomic mass is 10.1. The summed E-state index contributed by atoms with van der Waals surface area (Å²) in [6.07, 6.45) is 2.45. The van der Waals surface area contributed by atoms with Gasteiger partial charge >= 0.3 is 0 Å². The summed E-state index contributed by atoms with van der Waals surface area (Å²) in [5, 5.41) is 3.47. The molecule has 1 aromatic rings. The SMILES string of the molecule is CC(CCl)CCCNCCSc1ccccc1. The molecule has 0 heterocycles. The molecule has 0 aliphatic heterocycles. The van der Waals surface area contributed by atoms with E-state index in [1.807, 2.05) is 11.8 Å². The van der Waals surface area contributed by atoms with Crippen LogP contribution in [0.5, 0.6) is 0 Å². The molecule has 0 aromatic heterocycles. The zero-order valence-electron chi connectivity index (χ0n) is 10.5. The van der Waals surface area contributed by atoms with Gasteiger partial charge in [-0.2, -0.15) is 0 Å². The van der Waals surface area contributed by atoms with Crippen LogP contribution in [0.2, 0.25) is 0 Å². The molecule has 1 nitrogen and oxygen atoms in total. The van der Waals surface area contributed by atoms with Gasteiger partial charge in [0.05, 0.1) is 0 Å². The molecule has 1 atom stereocenters. The third-order valence-corrected chi connectivity index (χ3v) is 4.15. The van der Waals surface area contributed by atoms with Gasteiger partial charge in [0.15, 0.2) is 0 Å². The Labute approximate surface area is 114 Å². The Morgan fingerprint density at radius 3 is 2.71 bits per heavy atom. The van der Waals surface area contributed by atoms with Crippen LogP contribution < -0.4 is 5.32 Å². The summed E-state index contributed by atoms with van der Waals surface area (Å²) in [4.78, 5) is 1.35. The van der Waals surface area contributed by atoms with Gasteiger partial charge in [0.2, 0.25) is 0 Å². The van der Waals surface area contributed by atoms with E-state index in [9.17, 15) is 0 Å². The maximum Gasteiger partial charge on any atom is 0.0249 e. The molecule has 0 spiro atoms. The molecular weight excluding hydrogens is 250 g/mol. The van der Waals surface area contributed by atoms with E-state index < -0.39 is 0 Å². The highest BCUT2D eigenvalue weighted by atomic mass is 35.5. The zero-order valence-corrected chi connectivity index (χ0v) is 12.1. The molecule has 0 saturated carbocycles. The lowest BCUT2D eigenvalue weighted by molar-refractivity contribution is 0.538. The largest absolute Gasteiger partial charge is 0.316 e. The van der Waals surface area contributed by atoms with Crippen LogP contribution in [0.15, 0.2) is 35.2 Å². The molecule has 0 aliphatic carbocycles. The summed E-state index contributed by atoms with van der Waals surface area (Å²) in [5.74, 6) is 2.57. The zero-order chi connectivity index (χ0) is 12.3. The fourth-order valence-electron chi connectivity index (χ4n) is 1.54. The van der Waals surface area contributed by atoms with Crippen LogP contribution in [0.4, 0.5) is 0 Å². The van der Waals surface area contributed by atoms with E-state index in [1.165, 1.54) is 17.7 Å². The number of hydrogen-bond acceptors (Lipinski definition) is 2. The van der Waals surface area contributed by atoms with E-state index in [0.29, 0.717) is 5.92 Å². The van der Waals surface area contributed by atoms with E-state index >= 15 is 0 Å². The molecule has 0 aliphatic rings. The van der Waals surface area contributed by atoms with E-state index in [-0.39, 0.29) is 0 Å². The Hall–Kier alpha value is -0.180. The number of halogens is 1. The summed E-state index contributed by atoms with van der Waals surface area (Å²) >= 11 is 7.66. The molecule has 0 radical (unpaired) electrons. The number of nitrogens with one attached hydrogen (secondary N) is 1. The van der Waals surface area contributed by atoms with Crippen LogP contribution in [0.1, 0.15) is 19.8 Å². The van der Waals surface area contributed by atoms with E-state index in [1.54, 1.807) is 0 Å². The molecule has 3 heteroatoms. The molecular formula is C14H22ClNS. The number of benzene rings is 1. The Morgan fingerprint density at radius 2 is 2.00 bits per heavy atom. The maximum absolute atomic E-state index is 5.76. The molecule has 0 saturated heterocycles. The van der Waals surface area contributed by atoms with E-state index in [0.717, 1.165) is 24.7 Å². The van der Waals surface area contributed by atoms with Crippen LogP contribution in [0, 0.1) is 5.92 Å². The third-order valence-electron chi connectivity index (χ3n) is 2.60. The maximum atomic E-state index is 5.76. The monoisotopic (exact) mass is 271 g/mol. The number of alkyl halides is 1. The standard InChI is InChI=1S/C14H22ClNS/c1-13(12-15)6-5-9-16-10-11-17-14-7-3-2-4-8-14/h2-4,7-8,13,16H,5-6,9-12H2,1H3. The first-order valence-corrected chi connectivity index (χ1v) is 7.79. The van der Waals surface area contributed by atoms with Crippen molar-refractivity contribution in [3.05, 3.63) is 30.3 Å². The molecule has 17 heavy (non-hydrogen) atoms. The molecule has 1 N–H and O–H groups in total. The highest BCUT2D eigenvalue weighted by Crippen LogP contribution is 2.15.